The maximum absolute atomic E-state index is 10.4. The van der Waals surface area contributed by atoms with Crippen LogP contribution in [0.1, 0.15) is 0 Å². The highest BCUT2D eigenvalue weighted by molar-refractivity contribution is 7.62. The minimum absolute atomic E-state index is 0.912. The average Bonchev–Trinajstić information content (AvgIpc) is 1.80. The topological polar surface area (TPSA) is 91.7 Å². The van der Waals surface area contributed by atoms with Gasteiger partial charge in [-0.25, -0.2) is 4.79 Å². The Labute approximate surface area is 62.5 Å². The van der Waals surface area contributed by atoms with Gasteiger partial charge in [0.2, 0.25) is 0 Å². The van der Waals surface area contributed by atoms with Crippen molar-refractivity contribution in [1.29, 1.82) is 0 Å². The molecule has 0 rings (SSSR count). The van der Waals surface area contributed by atoms with E-state index in [9.17, 15) is 14.2 Å². The third-order valence-electron chi connectivity index (χ3n) is 0.571. The Morgan fingerprint density at radius 3 is 2.18 bits per heavy atom. The molecule has 2 N–H and O–H groups in total. The molecule has 1 unspecified atom stereocenters. The van der Waals surface area contributed by atoms with Crippen molar-refractivity contribution in [2.75, 3.05) is 6.66 Å². The van der Waals surface area contributed by atoms with E-state index in [0.29, 0.717) is 0 Å². The molecule has 0 heterocycles. The summed E-state index contributed by atoms with van der Waals surface area (Å²) in [5, 5.41) is 7.96. The first-order chi connectivity index (χ1) is 4.83. The van der Waals surface area contributed by atoms with Gasteiger partial charge in [-0.2, -0.15) is 0 Å². The van der Waals surface area contributed by atoms with Crippen LogP contribution < -0.4 is 0 Å². The number of aliphatic carboxylic acids is 1. The largest absolute Gasteiger partial charge is 0.475 e. The monoisotopic (exact) mass is 176 g/mol. The van der Waals surface area contributed by atoms with Gasteiger partial charge < -0.3 is 10.00 Å². The Bertz CT molecular complexity index is 288. The van der Waals surface area contributed by atoms with Crippen LogP contribution in [-0.4, -0.2) is 28.4 Å². The molecule has 60 valence electrons. The van der Waals surface area contributed by atoms with Gasteiger partial charge in [0.15, 0.2) is 0 Å². The van der Waals surface area contributed by atoms with Crippen molar-refractivity contribution in [2.24, 2.45) is 0 Å². The zero-order chi connectivity index (χ0) is 9.07. The third kappa shape index (κ3) is 5.34. The number of rotatable bonds is 1. The Kier molecular flexibility index (Phi) is 2.99. The lowest BCUT2D eigenvalue weighted by Crippen LogP contribution is -2.08. The van der Waals surface area contributed by atoms with E-state index in [4.69, 9.17) is 10.00 Å². The number of ketones is 1. The van der Waals surface area contributed by atoms with Gasteiger partial charge in [-0.1, -0.05) is 0 Å². The van der Waals surface area contributed by atoms with E-state index in [1.54, 1.807) is 5.66 Å². The molecule has 0 bridgehead atoms. The summed E-state index contributed by atoms with van der Waals surface area (Å²) in [6, 6.07) is 0. The van der Waals surface area contributed by atoms with Crippen LogP contribution in [0, 0.1) is 11.6 Å². The first kappa shape index (κ1) is 9.89. The summed E-state index contributed by atoms with van der Waals surface area (Å²) in [6.07, 6.45) is 0. The summed E-state index contributed by atoms with van der Waals surface area (Å²) >= 11 is 0. The van der Waals surface area contributed by atoms with Crippen molar-refractivity contribution < 1.29 is 24.2 Å². The highest BCUT2D eigenvalue weighted by Crippen LogP contribution is 2.32. The molecule has 0 amide bonds. The second kappa shape index (κ2) is 3.33. The van der Waals surface area contributed by atoms with E-state index in [1.165, 1.54) is 5.92 Å². The van der Waals surface area contributed by atoms with Crippen LogP contribution in [-0.2, 0) is 14.2 Å². The van der Waals surface area contributed by atoms with Crippen LogP contribution in [0.3, 0.4) is 0 Å². The lowest BCUT2D eigenvalue weighted by molar-refractivity contribution is -0.146. The smallest absolute Gasteiger partial charge is 0.385 e. The molecule has 6 heteroatoms. The summed E-state index contributed by atoms with van der Waals surface area (Å²) in [7, 11) is -3.60. The molecule has 11 heavy (non-hydrogen) atoms. The molecule has 0 saturated heterocycles. The minimum atomic E-state index is -3.60. The number of carboxylic acid groups (broad SMARTS) is 1. The van der Waals surface area contributed by atoms with E-state index in [-0.39, 0.29) is 0 Å². The zero-order valence-corrected chi connectivity index (χ0v) is 6.46. The number of hydrogen-bond acceptors (Lipinski definition) is 3. The predicted molar refractivity (Wildman–Crippen MR) is 36.2 cm³/mol. The van der Waals surface area contributed by atoms with Crippen LogP contribution in [0.5, 0.6) is 0 Å². The van der Waals surface area contributed by atoms with Crippen molar-refractivity contribution in [1.82, 2.24) is 0 Å². The number of hydrogen-bond donors (Lipinski definition) is 2. The Morgan fingerprint density at radius 1 is 1.45 bits per heavy atom. The number of carbonyl (C=O) groups is 2. The van der Waals surface area contributed by atoms with Crippen LogP contribution in [0.25, 0.3) is 0 Å². The lowest BCUT2D eigenvalue weighted by Gasteiger charge is -1.88. The van der Waals surface area contributed by atoms with Gasteiger partial charge in [-0.3, -0.25) is 9.36 Å². The molecular weight excluding hydrogens is 171 g/mol. The second-order valence-electron chi connectivity index (χ2n) is 1.75. The van der Waals surface area contributed by atoms with E-state index in [2.05, 4.69) is 0 Å². The SMILES string of the molecule is CP(=O)(O)C#CC(=O)C(=O)O. The standard InChI is InChI=1S/C5H5O5P/c1-11(9,10)3-2-4(6)5(7)8/h1H3,(H,7,8)(H,9,10). The summed E-state index contributed by atoms with van der Waals surface area (Å²) < 4.78 is 10.4. The molecule has 0 aromatic carbocycles. The van der Waals surface area contributed by atoms with Crippen LogP contribution >= 0.6 is 7.37 Å². The molecule has 0 saturated carbocycles. The van der Waals surface area contributed by atoms with Gasteiger partial charge in [-0.05, 0) is 11.6 Å². The molecule has 0 fully saturated rings. The quantitative estimate of drug-likeness (QED) is 0.319. The molecule has 0 aliphatic heterocycles. The number of carbonyl (C=O) groups excluding carboxylic acids is 1. The van der Waals surface area contributed by atoms with Gasteiger partial charge in [0.05, 0.1) is 0 Å². The highest BCUT2D eigenvalue weighted by atomic mass is 31.2. The first-order valence-electron chi connectivity index (χ1n) is 2.44. The number of carboxylic acids is 1. The van der Waals surface area contributed by atoms with Crippen molar-refractivity contribution in [3.05, 3.63) is 0 Å². The van der Waals surface area contributed by atoms with Gasteiger partial charge in [-0.15, -0.1) is 0 Å². The average molecular weight is 176 g/mol. The summed E-state index contributed by atoms with van der Waals surface area (Å²) in [6.45, 7) is 0.912. The molecule has 0 aliphatic carbocycles. The van der Waals surface area contributed by atoms with E-state index >= 15 is 0 Å². The van der Waals surface area contributed by atoms with Crippen molar-refractivity contribution in [2.45, 2.75) is 0 Å². The molecular formula is C5H5O5P. The van der Waals surface area contributed by atoms with Crippen LogP contribution in [0.4, 0.5) is 0 Å². The van der Waals surface area contributed by atoms with Crippen molar-refractivity contribution in [3.63, 3.8) is 0 Å². The van der Waals surface area contributed by atoms with Crippen LogP contribution in [0.2, 0.25) is 0 Å². The maximum Gasteiger partial charge on any atom is 0.385 e. The molecule has 0 aliphatic rings. The molecule has 0 aromatic rings. The van der Waals surface area contributed by atoms with E-state index in [1.807, 2.05) is 0 Å². The summed E-state index contributed by atoms with van der Waals surface area (Å²) in [5.74, 6) is -1.60. The predicted octanol–water partition coefficient (Wildman–Crippen LogP) is -0.499. The molecule has 1 atom stereocenters. The van der Waals surface area contributed by atoms with Gasteiger partial charge in [0.25, 0.3) is 7.37 Å². The summed E-state index contributed by atoms with van der Waals surface area (Å²) in [4.78, 5) is 28.5. The molecule has 5 nitrogen and oxygen atoms in total. The second-order valence-corrected chi connectivity index (χ2v) is 3.73. The fourth-order valence-electron chi connectivity index (χ4n) is 0.208. The Balaban J connectivity index is 4.45. The normalized spacial score (nSPS) is 14.0. The Hall–Kier alpha value is -1.11. The minimum Gasteiger partial charge on any atom is -0.475 e. The van der Waals surface area contributed by atoms with Gasteiger partial charge in [0.1, 0.15) is 0 Å². The van der Waals surface area contributed by atoms with Crippen molar-refractivity contribution in [3.8, 4) is 11.6 Å². The Morgan fingerprint density at radius 2 is 1.91 bits per heavy atom. The lowest BCUT2D eigenvalue weighted by atomic mass is 10.4. The van der Waals surface area contributed by atoms with Gasteiger partial charge in [0, 0.05) is 6.66 Å². The van der Waals surface area contributed by atoms with E-state index in [0.717, 1.165) is 6.66 Å². The first-order valence-corrected chi connectivity index (χ1v) is 4.54. The molecule has 0 radical (unpaired) electrons. The van der Waals surface area contributed by atoms with E-state index < -0.39 is 19.1 Å². The highest BCUT2D eigenvalue weighted by Gasteiger charge is 2.09. The molecule has 0 spiro atoms. The van der Waals surface area contributed by atoms with Crippen LogP contribution in [0.15, 0.2) is 0 Å². The number of Topliss-reactive ketones (excluding diaryl/α,β-unsaturated/α-hetero) is 1. The molecule has 0 aromatic heterocycles. The maximum atomic E-state index is 10.4. The third-order valence-corrected chi connectivity index (χ3v) is 1.10. The zero-order valence-electron chi connectivity index (χ0n) is 5.57. The fourth-order valence-corrected chi connectivity index (χ4v) is 0.517. The van der Waals surface area contributed by atoms with Gasteiger partial charge >= 0.3 is 11.8 Å². The fraction of sp³-hybridized carbons (Fsp3) is 0.200. The summed E-state index contributed by atoms with van der Waals surface area (Å²) in [5.41, 5.74) is 1.63. The van der Waals surface area contributed by atoms with Crippen molar-refractivity contribution >= 4 is 19.1 Å².